The van der Waals surface area contributed by atoms with Gasteiger partial charge in [0.25, 0.3) is 11.8 Å². The zero-order valence-corrected chi connectivity index (χ0v) is 17.3. The zero-order valence-electron chi connectivity index (χ0n) is 15.7. The van der Waals surface area contributed by atoms with E-state index < -0.39 is 17.8 Å². The number of benzene rings is 2. The predicted molar refractivity (Wildman–Crippen MR) is 112 cm³/mol. The minimum Gasteiger partial charge on any atom is -0.490 e. The van der Waals surface area contributed by atoms with Gasteiger partial charge in [0.1, 0.15) is 11.3 Å². The average Bonchev–Trinajstić information content (AvgIpc) is 2.69. The number of hydrogen-bond donors (Lipinski definition) is 1. The summed E-state index contributed by atoms with van der Waals surface area (Å²) < 4.78 is 5.87. The van der Waals surface area contributed by atoms with E-state index in [2.05, 4.69) is 5.32 Å². The summed E-state index contributed by atoms with van der Waals surface area (Å²) in [7, 11) is 0. The van der Waals surface area contributed by atoms with Crippen molar-refractivity contribution in [3.05, 3.63) is 63.6 Å². The van der Waals surface area contributed by atoms with Gasteiger partial charge in [0.15, 0.2) is 0 Å². The first-order chi connectivity index (χ1) is 13.8. The second-order valence-electron chi connectivity index (χ2n) is 6.41. The topological polar surface area (TPSA) is 75.7 Å². The highest BCUT2D eigenvalue weighted by atomic mass is 35.5. The van der Waals surface area contributed by atoms with Crippen molar-refractivity contribution in [2.24, 2.45) is 0 Å². The van der Waals surface area contributed by atoms with Crippen molar-refractivity contribution >= 4 is 52.8 Å². The number of para-hydroxylation sites is 1. The first-order valence-corrected chi connectivity index (χ1v) is 9.70. The number of ether oxygens (including phenoxy) is 1. The summed E-state index contributed by atoms with van der Waals surface area (Å²) in [5, 5.41) is 2.38. The van der Waals surface area contributed by atoms with Crippen LogP contribution in [-0.4, -0.2) is 23.9 Å². The van der Waals surface area contributed by atoms with Crippen LogP contribution in [0.15, 0.2) is 48.0 Å². The van der Waals surface area contributed by atoms with Crippen molar-refractivity contribution in [2.75, 3.05) is 4.90 Å². The normalized spacial score (nSPS) is 16.8. The van der Waals surface area contributed by atoms with E-state index in [9.17, 15) is 14.4 Å². The predicted octanol–water partition coefficient (Wildman–Crippen LogP) is 4.84. The van der Waals surface area contributed by atoms with Crippen molar-refractivity contribution in [3.8, 4) is 5.75 Å². The van der Waals surface area contributed by atoms with Crippen molar-refractivity contribution in [1.82, 2.24) is 5.32 Å². The van der Waals surface area contributed by atoms with E-state index in [0.717, 1.165) is 11.3 Å². The fourth-order valence-electron chi connectivity index (χ4n) is 2.70. The lowest BCUT2D eigenvalue weighted by Gasteiger charge is -2.27. The highest BCUT2D eigenvalue weighted by molar-refractivity contribution is 6.46. The molecule has 1 aliphatic heterocycles. The number of halogens is 2. The standard InChI is InChI=1S/C21H18Cl2N2O4/c1-3-12(2)29-17-10-5-4-7-13(17)11-14-19(26)24-21(28)25(20(14)27)16-9-6-8-15(22)18(16)23/h4-12H,3H2,1-2H3,(H,24,26,28)/b14-11+/t12-/m1/s1. The van der Waals surface area contributed by atoms with Crippen LogP contribution in [0.1, 0.15) is 25.8 Å². The Morgan fingerprint density at radius 1 is 1.10 bits per heavy atom. The molecule has 1 N–H and O–H groups in total. The van der Waals surface area contributed by atoms with Gasteiger partial charge in [-0.15, -0.1) is 0 Å². The van der Waals surface area contributed by atoms with Gasteiger partial charge in [-0.1, -0.05) is 54.4 Å². The molecule has 2 aromatic rings. The molecule has 0 bridgehead atoms. The van der Waals surface area contributed by atoms with Crippen LogP contribution in [0.3, 0.4) is 0 Å². The molecule has 0 aromatic heterocycles. The van der Waals surface area contributed by atoms with E-state index in [1.807, 2.05) is 13.8 Å². The fraction of sp³-hybridized carbons (Fsp3) is 0.190. The Balaban J connectivity index is 2.04. The molecule has 8 heteroatoms. The summed E-state index contributed by atoms with van der Waals surface area (Å²) >= 11 is 12.2. The van der Waals surface area contributed by atoms with Crippen LogP contribution < -0.4 is 15.0 Å². The van der Waals surface area contributed by atoms with Crippen LogP contribution in [0.4, 0.5) is 10.5 Å². The van der Waals surface area contributed by atoms with E-state index >= 15 is 0 Å². The van der Waals surface area contributed by atoms with E-state index in [4.69, 9.17) is 27.9 Å². The van der Waals surface area contributed by atoms with Crippen molar-refractivity contribution < 1.29 is 19.1 Å². The molecule has 1 heterocycles. The van der Waals surface area contributed by atoms with Crippen LogP contribution in [-0.2, 0) is 9.59 Å². The quantitative estimate of drug-likeness (QED) is 0.541. The van der Waals surface area contributed by atoms with Crippen molar-refractivity contribution in [2.45, 2.75) is 26.4 Å². The number of nitrogens with one attached hydrogen (secondary N) is 1. The van der Waals surface area contributed by atoms with Gasteiger partial charge in [0.2, 0.25) is 0 Å². The number of rotatable bonds is 5. The highest BCUT2D eigenvalue weighted by Gasteiger charge is 2.38. The zero-order chi connectivity index (χ0) is 21.1. The van der Waals surface area contributed by atoms with Crippen molar-refractivity contribution in [1.29, 1.82) is 0 Å². The second kappa shape index (κ2) is 8.68. The highest BCUT2D eigenvalue weighted by Crippen LogP contribution is 2.34. The monoisotopic (exact) mass is 432 g/mol. The second-order valence-corrected chi connectivity index (χ2v) is 7.19. The van der Waals surface area contributed by atoms with Gasteiger partial charge >= 0.3 is 6.03 Å². The third-order valence-corrected chi connectivity index (χ3v) is 5.20. The molecular weight excluding hydrogens is 415 g/mol. The number of amides is 4. The van der Waals surface area contributed by atoms with Crippen LogP contribution in [0.25, 0.3) is 6.08 Å². The summed E-state index contributed by atoms with van der Waals surface area (Å²) in [4.78, 5) is 38.6. The molecule has 3 rings (SSSR count). The molecule has 0 unspecified atom stereocenters. The molecule has 1 saturated heterocycles. The fourth-order valence-corrected chi connectivity index (χ4v) is 3.08. The van der Waals surface area contributed by atoms with Gasteiger partial charge in [-0.25, -0.2) is 9.69 Å². The Kier molecular flexibility index (Phi) is 6.25. The first kappa shape index (κ1) is 20.9. The number of carbonyl (C=O) groups excluding carboxylic acids is 3. The number of barbiturate groups is 1. The largest absolute Gasteiger partial charge is 0.490 e. The maximum absolute atomic E-state index is 13.0. The minimum atomic E-state index is -0.898. The van der Waals surface area contributed by atoms with E-state index in [-0.39, 0.29) is 27.4 Å². The van der Waals surface area contributed by atoms with E-state index in [1.54, 1.807) is 30.3 Å². The Bertz CT molecular complexity index is 1020. The first-order valence-electron chi connectivity index (χ1n) is 8.94. The summed E-state index contributed by atoms with van der Waals surface area (Å²) in [5.41, 5.74) is 0.405. The molecule has 1 fully saturated rings. The van der Waals surface area contributed by atoms with Crippen LogP contribution in [0.2, 0.25) is 10.0 Å². The molecule has 4 amide bonds. The molecule has 150 valence electrons. The lowest BCUT2D eigenvalue weighted by Crippen LogP contribution is -2.54. The minimum absolute atomic E-state index is 0.0341. The molecule has 1 aliphatic rings. The molecule has 0 spiro atoms. The van der Waals surface area contributed by atoms with Gasteiger partial charge in [-0.3, -0.25) is 14.9 Å². The molecule has 2 aromatic carbocycles. The summed E-state index contributed by atoms with van der Waals surface area (Å²) in [6, 6.07) is 10.7. The van der Waals surface area contributed by atoms with Crippen LogP contribution in [0.5, 0.6) is 5.75 Å². The molecular formula is C21H18Cl2N2O4. The summed E-state index contributed by atoms with van der Waals surface area (Å²) in [5.74, 6) is -1.08. The lowest BCUT2D eigenvalue weighted by molar-refractivity contribution is -0.122. The maximum Gasteiger partial charge on any atom is 0.336 e. The lowest BCUT2D eigenvalue weighted by atomic mass is 10.1. The number of anilines is 1. The van der Waals surface area contributed by atoms with Crippen molar-refractivity contribution in [3.63, 3.8) is 0 Å². The number of imide groups is 2. The smallest absolute Gasteiger partial charge is 0.336 e. The Morgan fingerprint density at radius 2 is 1.83 bits per heavy atom. The Morgan fingerprint density at radius 3 is 2.55 bits per heavy atom. The molecule has 6 nitrogen and oxygen atoms in total. The Labute approximate surface area is 178 Å². The SMILES string of the molecule is CC[C@@H](C)Oc1ccccc1/C=C1\C(=O)NC(=O)N(c2cccc(Cl)c2Cl)C1=O. The summed E-state index contributed by atoms with van der Waals surface area (Å²) in [6.45, 7) is 3.91. The van der Waals surface area contributed by atoms with Crippen LogP contribution >= 0.6 is 23.2 Å². The van der Waals surface area contributed by atoms with E-state index in [0.29, 0.717) is 11.3 Å². The average molecular weight is 433 g/mol. The Hall–Kier alpha value is -2.83. The third-order valence-electron chi connectivity index (χ3n) is 4.40. The molecule has 0 aliphatic carbocycles. The van der Waals surface area contributed by atoms with Gasteiger partial charge in [0.05, 0.1) is 21.8 Å². The number of nitrogens with zero attached hydrogens (tertiary/aromatic N) is 1. The van der Waals surface area contributed by atoms with Gasteiger partial charge < -0.3 is 4.74 Å². The third kappa shape index (κ3) is 4.28. The summed E-state index contributed by atoms with van der Waals surface area (Å²) in [6.07, 6.45) is 2.14. The molecule has 0 radical (unpaired) electrons. The van der Waals surface area contributed by atoms with Gasteiger partial charge in [-0.2, -0.15) is 0 Å². The maximum atomic E-state index is 13.0. The van der Waals surface area contributed by atoms with Gasteiger partial charge in [0, 0.05) is 5.56 Å². The number of carbonyl (C=O) groups is 3. The van der Waals surface area contributed by atoms with Gasteiger partial charge in [-0.05, 0) is 37.6 Å². The van der Waals surface area contributed by atoms with Crippen LogP contribution in [0, 0.1) is 0 Å². The number of urea groups is 1. The molecule has 1 atom stereocenters. The molecule has 29 heavy (non-hydrogen) atoms. The van der Waals surface area contributed by atoms with E-state index in [1.165, 1.54) is 18.2 Å². The number of hydrogen-bond acceptors (Lipinski definition) is 4. The molecule has 0 saturated carbocycles.